The van der Waals surface area contributed by atoms with Crippen molar-refractivity contribution >= 4 is 33.5 Å². The SMILES string of the molecule is N#Cc1c(SCC(=O)c2cccc(Br)c2)nc2c(c1-c1ccco1)CCCC2. The van der Waals surface area contributed by atoms with Gasteiger partial charge in [-0.15, -0.1) is 0 Å². The zero-order valence-corrected chi connectivity index (χ0v) is 17.5. The van der Waals surface area contributed by atoms with Crippen LogP contribution in [0.25, 0.3) is 11.3 Å². The summed E-state index contributed by atoms with van der Waals surface area (Å²) < 4.78 is 6.50. The molecule has 2 aromatic heterocycles. The first-order valence-corrected chi connectivity index (χ1v) is 10.9. The summed E-state index contributed by atoms with van der Waals surface area (Å²) in [6.07, 6.45) is 5.58. The molecule has 0 N–H and O–H groups in total. The lowest BCUT2D eigenvalue weighted by Gasteiger charge is -2.20. The fourth-order valence-corrected chi connectivity index (χ4v) is 4.80. The minimum absolute atomic E-state index is 0.00857. The average molecular weight is 453 g/mol. The Morgan fingerprint density at radius 3 is 2.86 bits per heavy atom. The van der Waals surface area contributed by atoms with Gasteiger partial charge in [-0.2, -0.15) is 5.26 Å². The molecular formula is C22H17BrN2O2S. The fourth-order valence-electron chi connectivity index (χ4n) is 3.50. The van der Waals surface area contributed by atoms with Crippen molar-refractivity contribution in [1.29, 1.82) is 5.26 Å². The van der Waals surface area contributed by atoms with Gasteiger partial charge < -0.3 is 4.42 Å². The van der Waals surface area contributed by atoms with Crippen LogP contribution in [0.1, 0.15) is 40.0 Å². The van der Waals surface area contributed by atoms with Crippen LogP contribution in [0, 0.1) is 11.3 Å². The van der Waals surface area contributed by atoms with Crippen molar-refractivity contribution < 1.29 is 9.21 Å². The van der Waals surface area contributed by atoms with Crippen LogP contribution >= 0.6 is 27.7 Å². The number of aryl methyl sites for hydroxylation is 1. The molecule has 0 saturated heterocycles. The smallest absolute Gasteiger partial charge is 0.173 e. The van der Waals surface area contributed by atoms with Gasteiger partial charge in [0.15, 0.2) is 5.78 Å². The van der Waals surface area contributed by atoms with Crippen LogP contribution in [-0.2, 0) is 12.8 Å². The van der Waals surface area contributed by atoms with Crippen LogP contribution in [0.15, 0.2) is 56.6 Å². The maximum Gasteiger partial charge on any atom is 0.173 e. The number of fused-ring (bicyclic) bond motifs is 1. The highest BCUT2D eigenvalue weighted by Crippen LogP contribution is 2.38. The molecule has 0 bridgehead atoms. The molecule has 3 aromatic rings. The van der Waals surface area contributed by atoms with Crippen LogP contribution in [-0.4, -0.2) is 16.5 Å². The number of nitrogens with zero attached hydrogens (tertiary/aromatic N) is 2. The Bertz CT molecular complexity index is 1070. The molecule has 0 amide bonds. The minimum atomic E-state index is 0.00857. The number of nitriles is 1. The summed E-state index contributed by atoms with van der Waals surface area (Å²) in [4.78, 5) is 17.4. The number of Topliss-reactive ketones (excluding diaryl/α,β-unsaturated/α-hetero) is 1. The predicted octanol–water partition coefficient (Wildman–Crippen LogP) is 5.83. The largest absolute Gasteiger partial charge is 0.464 e. The first-order valence-electron chi connectivity index (χ1n) is 9.08. The monoisotopic (exact) mass is 452 g/mol. The summed E-state index contributed by atoms with van der Waals surface area (Å²) in [5, 5.41) is 10.5. The van der Waals surface area contributed by atoms with Gasteiger partial charge in [-0.1, -0.05) is 39.8 Å². The number of thioether (sulfide) groups is 1. The molecular weight excluding hydrogens is 436 g/mol. The molecule has 4 rings (SSSR count). The molecule has 2 heterocycles. The predicted molar refractivity (Wildman–Crippen MR) is 112 cm³/mol. The van der Waals surface area contributed by atoms with Crippen LogP contribution in [0.2, 0.25) is 0 Å². The number of hydrogen-bond donors (Lipinski definition) is 0. The van der Waals surface area contributed by atoms with Crippen LogP contribution < -0.4 is 0 Å². The molecule has 0 aliphatic heterocycles. The third-order valence-electron chi connectivity index (χ3n) is 4.81. The minimum Gasteiger partial charge on any atom is -0.464 e. The van der Waals surface area contributed by atoms with Gasteiger partial charge >= 0.3 is 0 Å². The van der Waals surface area contributed by atoms with Gasteiger partial charge in [0.05, 0.1) is 17.6 Å². The molecule has 1 aromatic carbocycles. The second kappa shape index (κ2) is 8.34. The van der Waals surface area contributed by atoms with Gasteiger partial charge in [-0.05, 0) is 55.5 Å². The first kappa shape index (κ1) is 19.0. The van der Waals surface area contributed by atoms with E-state index >= 15 is 0 Å². The van der Waals surface area contributed by atoms with E-state index in [2.05, 4.69) is 22.0 Å². The quantitative estimate of drug-likeness (QED) is 0.359. The summed E-state index contributed by atoms with van der Waals surface area (Å²) in [5.74, 6) is 0.931. The van der Waals surface area contributed by atoms with E-state index in [1.54, 1.807) is 12.3 Å². The van der Waals surface area contributed by atoms with Gasteiger partial charge in [0.25, 0.3) is 0 Å². The van der Waals surface area contributed by atoms with Crippen molar-refractivity contribution in [2.24, 2.45) is 0 Å². The number of benzene rings is 1. The molecule has 0 atom stereocenters. The maximum absolute atomic E-state index is 12.6. The molecule has 28 heavy (non-hydrogen) atoms. The topological polar surface area (TPSA) is 66.9 Å². The van der Waals surface area contributed by atoms with Crippen molar-refractivity contribution in [3.05, 3.63) is 69.5 Å². The second-order valence-corrected chi connectivity index (χ2v) is 8.49. The molecule has 140 valence electrons. The highest BCUT2D eigenvalue weighted by atomic mass is 79.9. The maximum atomic E-state index is 12.6. The lowest BCUT2D eigenvalue weighted by Crippen LogP contribution is -2.11. The van der Waals surface area contributed by atoms with Crippen molar-refractivity contribution in [3.63, 3.8) is 0 Å². The normalized spacial score (nSPS) is 13.0. The molecule has 0 radical (unpaired) electrons. The lowest BCUT2D eigenvalue weighted by molar-refractivity contribution is 0.102. The zero-order chi connectivity index (χ0) is 19.5. The van der Waals surface area contributed by atoms with Gasteiger partial charge in [-0.25, -0.2) is 4.98 Å². The molecule has 0 fully saturated rings. The van der Waals surface area contributed by atoms with Crippen LogP contribution in [0.5, 0.6) is 0 Å². The molecule has 0 saturated carbocycles. The van der Waals surface area contributed by atoms with E-state index in [0.29, 0.717) is 21.9 Å². The zero-order valence-electron chi connectivity index (χ0n) is 15.1. The highest BCUT2D eigenvalue weighted by Gasteiger charge is 2.25. The van der Waals surface area contributed by atoms with E-state index in [4.69, 9.17) is 9.40 Å². The Hall–Kier alpha value is -2.36. The van der Waals surface area contributed by atoms with E-state index in [9.17, 15) is 10.1 Å². The molecule has 0 unspecified atom stereocenters. The number of carbonyl (C=O) groups is 1. The molecule has 1 aliphatic carbocycles. The second-order valence-electron chi connectivity index (χ2n) is 6.61. The Labute approximate surface area is 176 Å². The Morgan fingerprint density at radius 1 is 1.25 bits per heavy atom. The molecule has 0 spiro atoms. The standard InChI is InChI=1S/C22H17BrN2O2S/c23-15-6-3-5-14(11-15)19(26)13-28-22-17(12-24)21(20-9-4-10-27-20)16-7-1-2-8-18(16)25-22/h3-6,9-11H,1-2,7-8,13H2. The Balaban J connectivity index is 1.70. The summed E-state index contributed by atoms with van der Waals surface area (Å²) in [6.45, 7) is 0. The number of aromatic nitrogens is 1. The van der Waals surface area contributed by atoms with Crippen molar-refractivity contribution in [2.75, 3.05) is 5.75 Å². The Morgan fingerprint density at radius 2 is 2.11 bits per heavy atom. The average Bonchev–Trinajstić information content (AvgIpc) is 3.25. The van der Waals surface area contributed by atoms with E-state index in [0.717, 1.165) is 47.0 Å². The van der Waals surface area contributed by atoms with Gasteiger partial charge in [0, 0.05) is 21.3 Å². The Kier molecular flexibility index (Phi) is 5.65. The third-order valence-corrected chi connectivity index (χ3v) is 6.28. The van der Waals surface area contributed by atoms with E-state index in [1.807, 2.05) is 30.3 Å². The van der Waals surface area contributed by atoms with Crippen molar-refractivity contribution in [2.45, 2.75) is 30.7 Å². The summed E-state index contributed by atoms with van der Waals surface area (Å²) >= 11 is 4.72. The number of pyridine rings is 1. The molecule has 6 heteroatoms. The summed E-state index contributed by atoms with van der Waals surface area (Å²) in [5.41, 5.74) is 4.12. The number of ketones is 1. The molecule has 4 nitrogen and oxygen atoms in total. The van der Waals surface area contributed by atoms with Crippen LogP contribution in [0.3, 0.4) is 0 Å². The summed E-state index contributed by atoms with van der Waals surface area (Å²) in [7, 11) is 0. The number of hydrogen-bond acceptors (Lipinski definition) is 5. The fraction of sp³-hybridized carbons (Fsp3) is 0.227. The first-order chi connectivity index (χ1) is 13.7. The van der Waals surface area contributed by atoms with Crippen LogP contribution in [0.4, 0.5) is 0 Å². The summed E-state index contributed by atoms with van der Waals surface area (Å²) in [6, 6.07) is 13.4. The number of rotatable bonds is 5. The van der Waals surface area contributed by atoms with E-state index in [1.165, 1.54) is 11.8 Å². The van der Waals surface area contributed by atoms with E-state index in [-0.39, 0.29) is 11.5 Å². The highest BCUT2D eigenvalue weighted by molar-refractivity contribution is 9.10. The van der Waals surface area contributed by atoms with Crippen molar-refractivity contribution in [3.8, 4) is 17.4 Å². The number of halogens is 1. The van der Waals surface area contributed by atoms with Gasteiger partial charge in [-0.3, -0.25) is 4.79 Å². The third kappa shape index (κ3) is 3.78. The number of carbonyl (C=O) groups excluding carboxylic acids is 1. The lowest BCUT2D eigenvalue weighted by atomic mass is 9.89. The van der Waals surface area contributed by atoms with Gasteiger partial charge in [0.1, 0.15) is 16.9 Å². The van der Waals surface area contributed by atoms with Crippen molar-refractivity contribution in [1.82, 2.24) is 4.98 Å². The number of furan rings is 1. The molecule has 1 aliphatic rings. The van der Waals surface area contributed by atoms with Gasteiger partial charge in [0.2, 0.25) is 0 Å². The van der Waals surface area contributed by atoms with E-state index < -0.39 is 0 Å².